The molecule has 1 aromatic rings. The van der Waals surface area contributed by atoms with Crippen molar-refractivity contribution in [2.45, 2.75) is 13.8 Å². The number of benzene rings is 1. The molecule has 0 atom stereocenters. The monoisotopic (exact) mass is 605 g/mol. The van der Waals surface area contributed by atoms with E-state index in [2.05, 4.69) is 47.8 Å². The van der Waals surface area contributed by atoms with Crippen molar-refractivity contribution in [3.63, 3.8) is 0 Å². The normalized spacial score (nSPS) is 11.1. The van der Waals surface area contributed by atoms with Gasteiger partial charge in [-0.25, -0.2) is 13.2 Å². The maximum atomic E-state index is 12.6. The molecule has 0 aromatic heterocycles. The minimum absolute atomic E-state index is 0.0855. The third-order valence-corrected chi connectivity index (χ3v) is 6.62. The van der Waals surface area contributed by atoms with E-state index in [1.807, 2.05) is 0 Å². The van der Waals surface area contributed by atoms with Crippen LogP contribution in [0, 0.1) is 0 Å². The highest BCUT2D eigenvalue weighted by Gasteiger charge is 2.30. The number of carbonyl (C=O) groups excluding carboxylic acids is 3. The van der Waals surface area contributed by atoms with Crippen LogP contribution < -0.4 is 9.80 Å². The zero-order valence-electron chi connectivity index (χ0n) is 15.2. The number of amides is 2. The van der Waals surface area contributed by atoms with Crippen LogP contribution in [-0.4, -0.2) is 57.2 Å². The van der Waals surface area contributed by atoms with E-state index in [0.29, 0.717) is 4.47 Å². The predicted molar refractivity (Wildman–Crippen MR) is 113 cm³/mol. The Bertz CT molecular complexity index is 887. The van der Waals surface area contributed by atoms with Gasteiger partial charge in [-0.15, -0.1) is 0 Å². The fourth-order valence-corrected chi connectivity index (χ4v) is 5.69. The molecule has 0 heterocycles. The third kappa shape index (κ3) is 5.75. The van der Waals surface area contributed by atoms with Gasteiger partial charge < -0.3 is 19.1 Å². The fourth-order valence-electron chi connectivity index (χ4n) is 2.03. The van der Waals surface area contributed by atoms with E-state index >= 15 is 0 Å². The average molecular weight is 608 g/mol. The van der Waals surface area contributed by atoms with Crippen molar-refractivity contribution >= 4 is 87.1 Å². The number of anilines is 2. The van der Waals surface area contributed by atoms with Crippen molar-refractivity contribution in [3.8, 4) is 0 Å². The van der Waals surface area contributed by atoms with Crippen molar-refractivity contribution in [2.24, 2.45) is 0 Å². The number of hydrogen-bond acceptors (Lipinski definition) is 7. The quantitative estimate of drug-likeness (QED) is 0.360. The second-order valence-corrected chi connectivity index (χ2v) is 9.47. The molecular weight excluding hydrogens is 592 g/mol. The molecule has 28 heavy (non-hydrogen) atoms. The summed E-state index contributed by atoms with van der Waals surface area (Å²) in [5.74, 6) is -2.54. The third-order valence-electron chi connectivity index (χ3n) is 3.66. The van der Waals surface area contributed by atoms with E-state index in [4.69, 9.17) is 4.74 Å². The lowest BCUT2D eigenvalue weighted by atomic mass is 10.1. The summed E-state index contributed by atoms with van der Waals surface area (Å²) in [4.78, 5) is 38.8. The summed E-state index contributed by atoms with van der Waals surface area (Å²) >= 11 is 9.89. The van der Waals surface area contributed by atoms with Crippen molar-refractivity contribution in [3.05, 3.63) is 19.0 Å². The second kappa shape index (κ2) is 9.65. The topological polar surface area (TPSA) is 124 Å². The number of carbonyl (C=O) groups is 3. The summed E-state index contributed by atoms with van der Waals surface area (Å²) in [6.07, 6.45) is 0. The summed E-state index contributed by atoms with van der Waals surface area (Å²) in [7, 11) is -1.62. The van der Waals surface area contributed by atoms with Crippen LogP contribution >= 0.6 is 47.8 Å². The van der Waals surface area contributed by atoms with E-state index in [0.717, 1.165) is 0 Å². The first-order chi connectivity index (χ1) is 12.7. The first kappa shape index (κ1) is 25.0. The lowest BCUT2D eigenvalue weighted by Crippen LogP contribution is -2.28. The average Bonchev–Trinajstić information content (AvgIpc) is 2.52. The molecule has 0 fully saturated rings. The first-order valence-electron chi connectivity index (χ1n) is 7.50. The molecule has 0 bridgehead atoms. The van der Waals surface area contributed by atoms with Gasteiger partial charge in [-0.2, -0.15) is 0 Å². The van der Waals surface area contributed by atoms with Crippen LogP contribution in [0.15, 0.2) is 13.4 Å². The van der Waals surface area contributed by atoms with Crippen molar-refractivity contribution in [2.75, 3.05) is 36.3 Å². The second-order valence-electron chi connectivity index (χ2n) is 5.57. The smallest absolute Gasteiger partial charge is 0.340 e. The van der Waals surface area contributed by atoms with E-state index in [9.17, 15) is 27.4 Å². The van der Waals surface area contributed by atoms with Crippen molar-refractivity contribution in [1.82, 2.24) is 0 Å². The van der Waals surface area contributed by atoms with Crippen LogP contribution in [0.4, 0.5) is 11.4 Å². The van der Waals surface area contributed by atoms with Crippen LogP contribution in [-0.2, 0) is 24.4 Å². The highest BCUT2D eigenvalue weighted by molar-refractivity contribution is 9.12. The Labute approximate surface area is 187 Å². The zero-order valence-corrected chi connectivity index (χ0v) is 20.8. The van der Waals surface area contributed by atoms with Crippen LogP contribution in [0.25, 0.3) is 0 Å². The number of ether oxygens (including phenoxy) is 1. The maximum absolute atomic E-state index is 12.6. The minimum atomic E-state index is -4.56. The molecule has 0 spiro atoms. The molecule has 1 rings (SSSR count). The number of nitrogens with zero attached hydrogens (tertiary/aromatic N) is 2. The predicted octanol–water partition coefficient (Wildman–Crippen LogP) is 2.64. The molecule has 0 aliphatic heterocycles. The SMILES string of the molecule is CC(=O)N(C)c1c(Br)c(C(=O)OCCS(=O)(=O)[O-])c(Br)c(N(C)C(C)=O)c1Br. The number of rotatable bonds is 6. The number of esters is 1. The largest absolute Gasteiger partial charge is 0.748 e. The van der Waals surface area contributed by atoms with Gasteiger partial charge in [-0.3, -0.25) is 9.59 Å². The molecule has 2 amide bonds. The molecule has 9 nitrogen and oxygen atoms in total. The molecule has 0 saturated heterocycles. The number of halogens is 3. The zero-order chi connectivity index (χ0) is 22.0. The molecule has 0 N–H and O–H groups in total. The maximum Gasteiger partial charge on any atom is 0.340 e. The first-order valence-corrected chi connectivity index (χ1v) is 11.5. The Hall–Kier alpha value is -1.02. The van der Waals surface area contributed by atoms with Gasteiger partial charge in [0.15, 0.2) is 0 Å². The lowest BCUT2D eigenvalue weighted by Gasteiger charge is -2.27. The molecule has 0 aliphatic rings. The van der Waals surface area contributed by atoms with E-state index < -0.39 is 28.4 Å². The molecule has 13 heteroatoms. The Kier molecular flexibility index (Phi) is 8.62. The molecule has 0 aliphatic carbocycles. The van der Waals surface area contributed by atoms with E-state index in [1.165, 1.54) is 37.7 Å². The Balaban J connectivity index is 3.64. The van der Waals surface area contributed by atoms with Gasteiger partial charge in [0.05, 0.1) is 46.2 Å². The molecule has 0 radical (unpaired) electrons. The Morgan fingerprint density at radius 2 is 1.32 bits per heavy atom. The van der Waals surface area contributed by atoms with Crippen LogP contribution in [0.3, 0.4) is 0 Å². The Morgan fingerprint density at radius 3 is 1.64 bits per heavy atom. The van der Waals surface area contributed by atoms with Crippen LogP contribution in [0.2, 0.25) is 0 Å². The van der Waals surface area contributed by atoms with Gasteiger partial charge in [0.2, 0.25) is 11.8 Å². The summed E-state index contributed by atoms with van der Waals surface area (Å²) < 4.78 is 37.7. The fraction of sp³-hybridized carbons (Fsp3) is 0.400. The summed E-state index contributed by atoms with van der Waals surface area (Å²) in [5, 5.41) is 0. The molecule has 1 aromatic carbocycles. The summed E-state index contributed by atoms with van der Waals surface area (Å²) in [6.45, 7) is 1.98. The van der Waals surface area contributed by atoms with Gasteiger partial charge in [0, 0.05) is 27.9 Å². The standard InChI is InChI=1S/C15H17Br3N2O7S/c1-7(21)19(3)13-10(16)9(15(23)27-5-6-28(24,25)26)11(17)14(12(13)18)20(4)8(2)22/h5-6H2,1-4H3,(H,24,25,26)/p-1. The van der Waals surface area contributed by atoms with Gasteiger partial charge >= 0.3 is 5.97 Å². The summed E-state index contributed by atoms with van der Waals surface area (Å²) in [6, 6.07) is 0. The van der Waals surface area contributed by atoms with E-state index in [-0.39, 0.29) is 37.7 Å². The Morgan fingerprint density at radius 1 is 0.929 bits per heavy atom. The summed E-state index contributed by atoms with van der Waals surface area (Å²) in [5.41, 5.74) is 0.419. The molecule has 156 valence electrons. The van der Waals surface area contributed by atoms with Crippen molar-refractivity contribution in [1.29, 1.82) is 0 Å². The highest BCUT2D eigenvalue weighted by atomic mass is 79.9. The van der Waals surface area contributed by atoms with Gasteiger partial charge in [0.1, 0.15) is 6.61 Å². The van der Waals surface area contributed by atoms with Crippen LogP contribution in [0.5, 0.6) is 0 Å². The highest BCUT2D eigenvalue weighted by Crippen LogP contribution is 2.48. The number of hydrogen-bond donors (Lipinski definition) is 0. The van der Waals surface area contributed by atoms with Crippen molar-refractivity contribution < 1.29 is 32.1 Å². The molecule has 0 unspecified atom stereocenters. The minimum Gasteiger partial charge on any atom is -0.748 e. The molecule has 0 saturated carbocycles. The van der Waals surface area contributed by atoms with E-state index in [1.54, 1.807) is 0 Å². The van der Waals surface area contributed by atoms with Gasteiger partial charge in [0.25, 0.3) is 0 Å². The molecular formula is C15H16Br3N2O7S-. The van der Waals surface area contributed by atoms with Crippen LogP contribution in [0.1, 0.15) is 24.2 Å². The van der Waals surface area contributed by atoms with Gasteiger partial charge in [-0.05, 0) is 47.8 Å². The lowest BCUT2D eigenvalue weighted by molar-refractivity contribution is -0.117. The van der Waals surface area contributed by atoms with Gasteiger partial charge in [-0.1, -0.05) is 0 Å².